The van der Waals surface area contributed by atoms with Gasteiger partial charge < -0.3 is 14.8 Å². The summed E-state index contributed by atoms with van der Waals surface area (Å²) in [4.78, 5) is 23.6. The van der Waals surface area contributed by atoms with Crippen molar-refractivity contribution >= 4 is 11.9 Å². The monoisotopic (exact) mass is 303 g/mol. The van der Waals surface area contributed by atoms with E-state index in [0.29, 0.717) is 17.0 Å². The summed E-state index contributed by atoms with van der Waals surface area (Å²) in [5, 5.41) is 9.26. The molecule has 0 aliphatic rings. The van der Waals surface area contributed by atoms with Gasteiger partial charge >= 0.3 is 5.97 Å². The zero-order chi connectivity index (χ0) is 16.1. The number of H-pyrrole nitrogens is 1. The van der Waals surface area contributed by atoms with Crippen molar-refractivity contribution in [3.05, 3.63) is 36.0 Å². The number of benzene rings is 1. The van der Waals surface area contributed by atoms with Gasteiger partial charge in [0.05, 0.1) is 31.7 Å². The molecule has 0 radical (unpaired) electrons. The fraction of sp³-hybridized carbons (Fsp3) is 0.267. The maximum absolute atomic E-state index is 12.3. The van der Waals surface area contributed by atoms with Crippen molar-refractivity contribution in [1.29, 1.82) is 0 Å². The number of methoxy groups -OCH3 is 2. The number of ether oxygens (including phenoxy) is 2. The zero-order valence-corrected chi connectivity index (χ0v) is 12.5. The van der Waals surface area contributed by atoms with E-state index in [1.165, 1.54) is 13.3 Å². The van der Waals surface area contributed by atoms with Crippen LogP contribution in [0.1, 0.15) is 17.3 Å². The molecule has 0 bridgehead atoms. The van der Waals surface area contributed by atoms with Crippen LogP contribution in [0.25, 0.3) is 11.3 Å². The van der Waals surface area contributed by atoms with Crippen LogP contribution in [0.4, 0.5) is 0 Å². The summed E-state index contributed by atoms with van der Waals surface area (Å²) in [5.41, 5.74) is 1.70. The van der Waals surface area contributed by atoms with Crippen LogP contribution in [0.15, 0.2) is 30.5 Å². The van der Waals surface area contributed by atoms with Crippen LogP contribution in [0.2, 0.25) is 0 Å². The summed E-state index contributed by atoms with van der Waals surface area (Å²) in [6.45, 7) is 1.55. The maximum atomic E-state index is 12.3. The number of aromatic nitrogens is 2. The molecule has 2 aromatic rings. The van der Waals surface area contributed by atoms with Crippen molar-refractivity contribution in [2.45, 2.75) is 13.0 Å². The van der Waals surface area contributed by atoms with Crippen molar-refractivity contribution in [2.75, 3.05) is 14.2 Å². The molecule has 0 aliphatic carbocycles. The molecule has 0 unspecified atom stereocenters. The van der Waals surface area contributed by atoms with Crippen molar-refractivity contribution < 1.29 is 19.1 Å². The summed E-state index contributed by atoms with van der Waals surface area (Å²) < 4.78 is 9.68. The molecule has 0 saturated carbocycles. The van der Waals surface area contributed by atoms with Crippen LogP contribution in [0.5, 0.6) is 5.75 Å². The highest BCUT2D eigenvalue weighted by Gasteiger charge is 2.20. The number of hydrogen-bond donors (Lipinski definition) is 2. The third kappa shape index (κ3) is 3.25. The fourth-order valence-corrected chi connectivity index (χ4v) is 1.95. The smallest absolute Gasteiger partial charge is 0.328 e. The second-order valence-electron chi connectivity index (χ2n) is 4.61. The van der Waals surface area contributed by atoms with E-state index in [4.69, 9.17) is 4.74 Å². The third-order valence-corrected chi connectivity index (χ3v) is 3.16. The molecule has 0 aliphatic heterocycles. The number of carbonyl (C=O) groups excluding carboxylic acids is 2. The van der Waals surface area contributed by atoms with Gasteiger partial charge in [-0.1, -0.05) is 0 Å². The van der Waals surface area contributed by atoms with Crippen molar-refractivity contribution in [3.63, 3.8) is 0 Å². The fourth-order valence-electron chi connectivity index (χ4n) is 1.95. The van der Waals surface area contributed by atoms with Gasteiger partial charge in [-0.25, -0.2) is 4.79 Å². The van der Waals surface area contributed by atoms with E-state index in [1.54, 1.807) is 26.2 Å². The first-order valence-corrected chi connectivity index (χ1v) is 6.63. The van der Waals surface area contributed by atoms with Gasteiger partial charge in [-0.3, -0.25) is 9.89 Å². The van der Waals surface area contributed by atoms with Gasteiger partial charge in [-0.05, 0) is 31.2 Å². The zero-order valence-electron chi connectivity index (χ0n) is 12.5. The van der Waals surface area contributed by atoms with Gasteiger partial charge in [-0.2, -0.15) is 5.10 Å². The van der Waals surface area contributed by atoms with Gasteiger partial charge in [0, 0.05) is 5.56 Å². The third-order valence-electron chi connectivity index (χ3n) is 3.16. The molecule has 0 fully saturated rings. The first-order valence-electron chi connectivity index (χ1n) is 6.63. The average Bonchev–Trinajstić information content (AvgIpc) is 3.03. The molecule has 2 N–H and O–H groups in total. The first-order chi connectivity index (χ1) is 10.6. The number of carbonyl (C=O) groups is 2. The Labute approximate surface area is 127 Å². The largest absolute Gasteiger partial charge is 0.497 e. The quantitative estimate of drug-likeness (QED) is 0.814. The standard InChI is InChI=1S/C15H17N3O4/c1-9(15(20)22-3)17-14(19)12-8-16-18-13(12)10-4-6-11(21-2)7-5-10/h4-9H,1-3H3,(H,16,18)(H,17,19)/t9-/m0/s1. The summed E-state index contributed by atoms with van der Waals surface area (Å²) in [5.74, 6) is -0.200. The number of rotatable bonds is 5. The Balaban J connectivity index is 2.21. The second-order valence-corrected chi connectivity index (χ2v) is 4.61. The Hall–Kier alpha value is -2.83. The Morgan fingerprint density at radius 3 is 2.50 bits per heavy atom. The highest BCUT2D eigenvalue weighted by Crippen LogP contribution is 2.23. The summed E-state index contributed by atoms with van der Waals surface area (Å²) in [6.07, 6.45) is 1.42. The molecular weight excluding hydrogens is 286 g/mol. The SMILES string of the molecule is COC(=O)[C@H](C)NC(=O)c1cn[nH]c1-c1ccc(OC)cc1. The molecule has 1 atom stereocenters. The molecule has 1 aromatic heterocycles. The Morgan fingerprint density at radius 1 is 1.23 bits per heavy atom. The summed E-state index contributed by atoms with van der Waals surface area (Å²) in [6, 6.07) is 6.46. The van der Waals surface area contributed by atoms with E-state index < -0.39 is 17.9 Å². The van der Waals surface area contributed by atoms with Crippen LogP contribution in [0, 0.1) is 0 Å². The molecule has 1 heterocycles. The van der Waals surface area contributed by atoms with E-state index in [0.717, 1.165) is 5.56 Å². The Kier molecular flexibility index (Phi) is 4.77. The molecule has 0 saturated heterocycles. The van der Waals surface area contributed by atoms with Crippen LogP contribution in [-0.2, 0) is 9.53 Å². The lowest BCUT2D eigenvalue weighted by molar-refractivity contribution is -0.142. The van der Waals surface area contributed by atoms with Crippen molar-refractivity contribution in [2.24, 2.45) is 0 Å². The maximum Gasteiger partial charge on any atom is 0.328 e. The number of esters is 1. The molecule has 1 amide bonds. The lowest BCUT2D eigenvalue weighted by Gasteiger charge is -2.11. The lowest BCUT2D eigenvalue weighted by atomic mass is 10.1. The van der Waals surface area contributed by atoms with Crippen molar-refractivity contribution in [1.82, 2.24) is 15.5 Å². The minimum absolute atomic E-state index is 0.348. The van der Waals surface area contributed by atoms with Gasteiger partial charge in [0.15, 0.2) is 0 Å². The predicted octanol–water partition coefficient (Wildman–Crippen LogP) is 1.38. The molecular formula is C15H17N3O4. The Morgan fingerprint density at radius 2 is 1.91 bits per heavy atom. The minimum Gasteiger partial charge on any atom is -0.497 e. The highest BCUT2D eigenvalue weighted by atomic mass is 16.5. The molecule has 22 heavy (non-hydrogen) atoms. The molecule has 1 aromatic carbocycles. The van der Waals surface area contributed by atoms with E-state index in [-0.39, 0.29) is 0 Å². The Bertz CT molecular complexity index is 664. The summed E-state index contributed by atoms with van der Waals surface area (Å²) in [7, 11) is 2.85. The lowest BCUT2D eigenvalue weighted by Crippen LogP contribution is -2.39. The van der Waals surface area contributed by atoms with Crippen LogP contribution < -0.4 is 10.1 Å². The molecule has 7 nitrogen and oxygen atoms in total. The highest BCUT2D eigenvalue weighted by molar-refractivity contribution is 6.01. The molecule has 116 valence electrons. The van der Waals surface area contributed by atoms with Gasteiger partial charge in [0.2, 0.25) is 0 Å². The van der Waals surface area contributed by atoms with Crippen LogP contribution in [-0.4, -0.2) is 42.3 Å². The predicted molar refractivity (Wildman–Crippen MR) is 79.5 cm³/mol. The minimum atomic E-state index is -0.740. The van der Waals surface area contributed by atoms with E-state index in [1.807, 2.05) is 12.1 Å². The number of nitrogens with one attached hydrogen (secondary N) is 2. The van der Waals surface area contributed by atoms with Gasteiger partial charge in [0.1, 0.15) is 11.8 Å². The number of hydrogen-bond acceptors (Lipinski definition) is 5. The van der Waals surface area contributed by atoms with E-state index in [2.05, 4.69) is 20.3 Å². The number of amides is 1. The van der Waals surface area contributed by atoms with Gasteiger partial charge in [0.25, 0.3) is 5.91 Å². The summed E-state index contributed by atoms with van der Waals surface area (Å²) >= 11 is 0. The van der Waals surface area contributed by atoms with E-state index in [9.17, 15) is 9.59 Å². The number of aromatic amines is 1. The molecule has 0 spiro atoms. The average molecular weight is 303 g/mol. The number of nitrogens with zero attached hydrogens (tertiary/aromatic N) is 1. The van der Waals surface area contributed by atoms with Crippen LogP contribution >= 0.6 is 0 Å². The van der Waals surface area contributed by atoms with E-state index >= 15 is 0 Å². The topological polar surface area (TPSA) is 93.3 Å². The molecule has 2 rings (SSSR count). The molecule has 7 heteroatoms. The van der Waals surface area contributed by atoms with Crippen LogP contribution in [0.3, 0.4) is 0 Å². The second kappa shape index (κ2) is 6.75. The van der Waals surface area contributed by atoms with Gasteiger partial charge in [-0.15, -0.1) is 0 Å². The normalized spacial score (nSPS) is 11.6. The first kappa shape index (κ1) is 15.6. The van der Waals surface area contributed by atoms with Crippen molar-refractivity contribution in [3.8, 4) is 17.0 Å².